The standard InChI is InChI=1S/C16H16N4O3S2/c17-25(18,23)12-7-19-16(24-12)15(22)20-14-10-3-1-2-8(10)6-9-4-5-11(21)13(9)14/h6-7H,1-5H2,(H,20,22)(H3,17,18,23). The SMILES string of the molecule is N=S(N)(=O)c1cnc(C(=O)Nc2c3c(cc4c2C(=O)CC4)CCC3)s1. The molecule has 9 heteroatoms. The van der Waals surface area contributed by atoms with Crippen molar-refractivity contribution in [1.82, 2.24) is 4.98 Å². The van der Waals surface area contributed by atoms with Crippen LogP contribution in [0.5, 0.6) is 0 Å². The minimum Gasteiger partial charge on any atom is -0.319 e. The summed E-state index contributed by atoms with van der Waals surface area (Å²) in [6.45, 7) is 0. The second-order valence-corrected chi connectivity index (χ2v) is 9.17. The van der Waals surface area contributed by atoms with E-state index in [1.165, 1.54) is 11.8 Å². The Balaban J connectivity index is 1.73. The van der Waals surface area contributed by atoms with Gasteiger partial charge in [0.15, 0.2) is 10.8 Å². The number of nitrogens with one attached hydrogen (secondary N) is 2. The molecule has 2 aliphatic carbocycles. The fourth-order valence-electron chi connectivity index (χ4n) is 3.50. The first-order valence-corrected chi connectivity index (χ1v) is 10.3. The molecule has 0 aliphatic heterocycles. The number of hydrogen-bond donors (Lipinski definition) is 3. The van der Waals surface area contributed by atoms with Gasteiger partial charge in [-0.3, -0.25) is 9.59 Å². The van der Waals surface area contributed by atoms with Crippen LogP contribution in [-0.2, 0) is 29.2 Å². The lowest BCUT2D eigenvalue weighted by atomic mass is 9.98. The summed E-state index contributed by atoms with van der Waals surface area (Å²) in [6, 6.07) is 2.10. The molecule has 1 aromatic heterocycles. The molecule has 0 spiro atoms. The third-order valence-corrected chi connectivity index (χ3v) is 7.08. The van der Waals surface area contributed by atoms with Gasteiger partial charge in [-0.25, -0.2) is 19.1 Å². The van der Waals surface area contributed by atoms with Crippen molar-refractivity contribution in [2.24, 2.45) is 5.14 Å². The summed E-state index contributed by atoms with van der Waals surface area (Å²) >= 11 is 0.838. The van der Waals surface area contributed by atoms with Crippen LogP contribution in [0.25, 0.3) is 0 Å². The van der Waals surface area contributed by atoms with E-state index in [-0.39, 0.29) is 15.0 Å². The normalized spacial score (nSPS) is 17.9. The molecule has 2 aromatic rings. The highest BCUT2D eigenvalue weighted by molar-refractivity contribution is 7.92. The second kappa shape index (κ2) is 5.72. The van der Waals surface area contributed by atoms with Crippen LogP contribution in [0.15, 0.2) is 16.5 Å². The van der Waals surface area contributed by atoms with Gasteiger partial charge in [-0.2, -0.15) is 0 Å². The number of ketones is 1. The molecule has 1 aromatic carbocycles. The minimum atomic E-state index is -3.39. The number of aromatic nitrogens is 1. The van der Waals surface area contributed by atoms with E-state index < -0.39 is 15.8 Å². The van der Waals surface area contributed by atoms with Crippen LogP contribution in [0, 0.1) is 4.78 Å². The van der Waals surface area contributed by atoms with Crippen molar-refractivity contribution in [2.75, 3.05) is 5.32 Å². The van der Waals surface area contributed by atoms with Crippen molar-refractivity contribution in [1.29, 1.82) is 4.78 Å². The number of fused-ring (bicyclic) bond motifs is 2. The molecule has 0 radical (unpaired) electrons. The van der Waals surface area contributed by atoms with Gasteiger partial charge >= 0.3 is 0 Å². The molecule has 0 fully saturated rings. The van der Waals surface area contributed by atoms with Gasteiger partial charge in [-0.05, 0) is 42.4 Å². The van der Waals surface area contributed by atoms with Crippen molar-refractivity contribution in [3.63, 3.8) is 0 Å². The van der Waals surface area contributed by atoms with E-state index in [0.29, 0.717) is 24.1 Å². The van der Waals surface area contributed by atoms with Crippen LogP contribution in [0.3, 0.4) is 0 Å². The van der Waals surface area contributed by atoms with Gasteiger partial charge in [0.05, 0.1) is 11.9 Å². The molecule has 25 heavy (non-hydrogen) atoms. The van der Waals surface area contributed by atoms with Crippen molar-refractivity contribution in [2.45, 2.75) is 36.3 Å². The lowest BCUT2D eigenvalue weighted by Crippen LogP contribution is -2.16. The van der Waals surface area contributed by atoms with Crippen LogP contribution in [-0.4, -0.2) is 20.9 Å². The number of anilines is 1. The largest absolute Gasteiger partial charge is 0.319 e. The maximum atomic E-state index is 12.6. The van der Waals surface area contributed by atoms with Crippen molar-refractivity contribution >= 4 is 38.6 Å². The Hall–Kier alpha value is -2.10. The molecule has 7 nitrogen and oxygen atoms in total. The zero-order chi connectivity index (χ0) is 17.8. The average Bonchev–Trinajstić information content (AvgIpc) is 3.25. The number of amides is 1. The number of Topliss-reactive ketones (excluding diaryl/α,β-unsaturated/α-hetero) is 1. The zero-order valence-corrected chi connectivity index (χ0v) is 14.9. The highest BCUT2D eigenvalue weighted by Gasteiger charge is 2.30. The van der Waals surface area contributed by atoms with Gasteiger partial charge in [0.2, 0.25) is 0 Å². The summed E-state index contributed by atoms with van der Waals surface area (Å²) in [5.74, 6) is -0.418. The summed E-state index contributed by atoms with van der Waals surface area (Å²) in [5.41, 5.74) is 4.45. The topological polar surface area (TPSA) is 126 Å². The number of nitrogens with two attached hydrogens (primary N) is 1. The Morgan fingerprint density at radius 3 is 2.80 bits per heavy atom. The van der Waals surface area contributed by atoms with Gasteiger partial charge in [-0.1, -0.05) is 17.4 Å². The summed E-state index contributed by atoms with van der Waals surface area (Å²) in [7, 11) is -3.39. The summed E-state index contributed by atoms with van der Waals surface area (Å²) < 4.78 is 19.0. The first-order chi connectivity index (χ1) is 11.8. The first-order valence-electron chi connectivity index (χ1n) is 7.89. The van der Waals surface area contributed by atoms with E-state index in [1.54, 1.807) is 0 Å². The van der Waals surface area contributed by atoms with Crippen LogP contribution in [0.4, 0.5) is 5.69 Å². The predicted molar refractivity (Wildman–Crippen MR) is 94.5 cm³/mol. The quantitative estimate of drug-likeness (QED) is 0.759. The molecule has 1 unspecified atom stereocenters. The number of aryl methyl sites for hydroxylation is 2. The summed E-state index contributed by atoms with van der Waals surface area (Å²) in [6.07, 6.45) is 5.16. The molecular weight excluding hydrogens is 360 g/mol. The third-order valence-electron chi connectivity index (χ3n) is 4.60. The Morgan fingerprint density at radius 1 is 1.28 bits per heavy atom. The number of hydrogen-bond acceptors (Lipinski definition) is 6. The fraction of sp³-hybridized carbons (Fsp3) is 0.312. The lowest BCUT2D eigenvalue weighted by Gasteiger charge is -2.14. The van der Waals surface area contributed by atoms with Gasteiger partial charge in [-0.15, -0.1) is 0 Å². The zero-order valence-electron chi connectivity index (χ0n) is 13.3. The van der Waals surface area contributed by atoms with Gasteiger partial charge in [0, 0.05) is 12.0 Å². The number of thiazole rings is 1. The fourth-order valence-corrected chi connectivity index (χ4v) is 4.99. The minimum absolute atomic E-state index is 0.0518. The first kappa shape index (κ1) is 16.4. The molecular formula is C16H16N4O3S2. The second-order valence-electron chi connectivity index (χ2n) is 6.24. The highest BCUT2D eigenvalue weighted by atomic mass is 32.2. The third kappa shape index (κ3) is 2.78. The molecule has 1 atom stereocenters. The van der Waals surface area contributed by atoms with E-state index in [9.17, 15) is 13.8 Å². The van der Waals surface area contributed by atoms with Crippen LogP contribution in [0.1, 0.15) is 49.7 Å². The van der Waals surface area contributed by atoms with E-state index in [2.05, 4.69) is 16.4 Å². The molecule has 1 heterocycles. The Bertz CT molecular complexity index is 1020. The van der Waals surface area contributed by atoms with Gasteiger partial charge in [0.1, 0.15) is 14.1 Å². The molecule has 0 saturated heterocycles. The molecule has 0 bridgehead atoms. The smallest absolute Gasteiger partial charge is 0.284 e. The summed E-state index contributed by atoms with van der Waals surface area (Å²) in [4.78, 5) is 28.8. The average molecular weight is 376 g/mol. The van der Waals surface area contributed by atoms with E-state index in [0.717, 1.165) is 41.7 Å². The molecule has 2 aliphatic rings. The maximum Gasteiger partial charge on any atom is 0.284 e. The lowest BCUT2D eigenvalue weighted by molar-refractivity contribution is 0.0995. The van der Waals surface area contributed by atoms with Crippen LogP contribution >= 0.6 is 11.3 Å². The highest BCUT2D eigenvalue weighted by Crippen LogP contribution is 2.38. The predicted octanol–water partition coefficient (Wildman–Crippen LogP) is 2.29. The van der Waals surface area contributed by atoms with Crippen molar-refractivity contribution in [3.05, 3.63) is 39.5 Å². The molecule has 1 amide bonds. The molecule has 4 rings (SSSR count). The van der Waals surface area contributed by atoms with E-state index >= 15 is 0 Å². The number of nitrogens with zero attached hydrogens (tertiary/aromatic N) is 1. The summed E-state index contributed by atoms with van der Waals surface area (Å²) in [5, 5.41) is 8.20. The van der Waals surface area contributed by atoms with Crippen molar-refractivity contribution < 1.29 is 13.8 Å². The number of benzene rings is 1. The Kier molecular flexibility index (Phi) is 3.75. The monoisotopic (exact) mass is 376 g/mol. The van der Waals surface area contributed by atoms with Crippen LogP contribution in [0.2, 0.25) is 0 Å². The Labute approximate surface area is 148 Å². The van der Waals surface area contributed by atoms with Gasteiger partial charge in [0.25, 0.3) is 5.91 Å². The maximum absolute atomic E-state index is 12.6. The van der Waals surface area contributed by atoms with Crippen molar-refractivity contribution in [3.8, 4) is 0 Å². The molecule has 4 N–H and O–H groups in total. The molecule has 0 saturated carbocycles. The van der Waals surface area contributed by atoms with E-state index in [1.807, 2.05) is 0 Å². The Morgan fingerprint density at radius 2 is 2.08 bits per heavy atom. The van der Waals surface area contributed by atoms with E-state index in [4.69, 9.17) is 9.92 Å². The number of carbonyl (C=O) groups is 2. The molecule has 130 valence electrons. The number of carbonyl (C=O) groups excluding carboxylic acids is 2. The van der Waals surface area contributed by atoms with Crippen LogP contribution < -0.4 is 10.5 Å². The number of rotatable bonds is 3. The van der Waals surface area contributed by atoms with Gasteiger partial charge < -0.3 is 5.32 Å².